The molecule has 1 saturated carbocycles. The zero-order chi connectivity index (χ0) is 28.5. The second-order valence-corrected chi connectivity index (χ2v) is 10.9. The first-order chi connectivity index (χ1) is 18.6. The third-order valence-corrected chi connectivity index (χ3v) is 7.23. The monoisotopic (exact) mass is 563 g/mol. The number of ether oxygens (including phenoxy) is 2. The minimum Gasteiger partial charge on any atom is -0.481 e. The van der Waals surface area contributed by atoms with Crippen molar-refractivity contribution >= 4 is 40.7 Å². The van der Waals surface area contributed by atoms with E-state index in [0.717, 1.165) is 49.5 Å². The SMILES string of the molecule is COCC(CC(=O)O)c1ccc(N(CC(C)C)C2CCC(OC)CC2)c(NC(=O)Nc2ccc(Cl)cc2F)c1. The van der Waals surface area contributed by atoms with E-state index in [1.54, 1.807) is 13.2 Å². The van der Waals surface area contributed by atoms with Gasteiger partial charge in [-0.1, -0.05) is 31.5 Å². The minimum atomic E-state index is -0.942. The van der Waals surface area contributed by atoms with E-state index in [2.05, 4.69) is 29.4 Å². The van der Waals surface area contributed by atoms with Crippen LogP contribution in [0.2, 0.25) is 5.02 Å². The van der Waals surface area contributed by atoms with Crippen LogP contribution in [0.4, 0.5) is 26.2 Å². The minimum absolute atomic E-state index is 0.00494. The number of carboxylic acids is 1. The Kier molecular flexibility index (Phi) is 11.4. The van der Waals surface area contributed by atoms with Crippen molar-refractivity contribution in [2.75, 3.05) is 42.9 Å². The molecule has 0 aliphatic heterocycles. The van der Waals surface area contributed by atoms with Gasteiger partial charge in [0, 0.05) is 37.7 Å². The summed E-state index contributed by atoms with van der Waals surface area (Å²) in [6.07, 6.45) is 3.90. The van der Waals surface area contributed by atoms with Crippen molar-refractivity contribution in [3.8, 4) is 0 Å². The maximum Gasteiger partial charge on any atom is 0.323 e. The Balaban J connectivity index is 1.99. The molecule has 0 heterocycles. The standard InChI is InChI=1S/C29H39ClFN3O5/c1-18(2)16-34(22-7-9-23(39-4)10-8-22)27-12-5-19(20(17-38-3)14-28(35)36)13-26(27)33-29(37)32-25-11-6-21(30)15-24(25)31/h5-6,11-13,15,18,20,22-23H,7-10,14,16-17H2,1-4H3,(H,35,36)(H2,32,33,37). The van der Waals surface area contributed by atoms with Gasteiger partial charge in [-0.2, -0.15) is 0 Å². The summed E-state index contributed by atoms with van der Waals surface area (Å²) >= 11 is 5.85. The molecule has 3 rings (SSSR count). The highest BCUT2D eigenvalue weighted by molar-refractivity contribution is 6.30. The molecular weight excluding hydrogens is 525 g/mol. The number of hydrogen-bond donors (Lipinski definition) is 3. The highest BCUT2D eigenvalue weighted by Gasteiger charge is 2.29. The molecule has 39 heavy (non-hydrogen) atoms. The van der Waals surface area contributed by atoms with E-state index < -0.39 is 23.7 Å². The van der Waals surface area contributed by atoms with Gasteiger partial charge in [-0.05, 0) is 67.5 Å². The number of nitrogens with one attached hydrogen (secondary N) is 2. The lowest BCUT2D eigenvalue weighted by Crippen LogP contribution is -2.42. The van der Waals surface area contributed by atoms with Crippen LogP contribution in [0.5, 0.6) is 0 Å². The summed E-state index contributed by atoms with van der Waals surface area (Å²) < 4.78 is 25.2. The van der Waals surface area contributed by atoms with Crippen LogP contribution in [0, 0.1) is 11.7 Å². The summed E-state index contributed by atoms with van der Waals surface area (Å²) in [4.78, 5) is 26.9. The van der Waals surface area contributed by atoms with E-state index in [4.69, 9.17) is 21.1 Å². The molecular formula is C29H39ClFN3O5. The molecule has 8 nitrogen and oxygen atoms in total. The Morgan fingerprint density at radius 2 is 1.77 bits per heavy atom. The molecule has 2 amide bonds. The molecule has 1 fully saturated rings. The number of anilines is 3. The van der Waals surface area contributed by atoms with Crippen molar-refractivity contribution < 1.29 is 28.6 Å². The van der Waals surface area contributed by atoms with Crippen molar-refractivity contribution in [2.45, 2.75) is 64.0 Å². The van der Waals surface area contributed by atoms with Gasteiger partial charge in [0.2, 0.25) is 0 Å². The number of rotatable bonds is 12. The average molecular weight is 564 g/mol. The second-order valence-electron chi connectivity index (χ2n) is 10.4. The topological polar surface area (TPSA) is 100 Å². The summed E-state index contributed by atoms with van der Waals surface area (Å²) in [6, 6.07) is 9.28. The average Bonchev–Trinajstić information content (AvgIpc) is 2.88. The molecule has 214 valence electrons. The van der Waals surface area contributed by atoms with Gasteiger partial charge in [0.05, 0.1) is 36.2 Å². The third kappa shape index (κ3) is 8.81. The Labute approximate surface area is 234 Å². The fraction of sp³-hybridized carbons (Fsp3) is 0.517. The van der Waals surface area contributed by atoms with Crippen LogP contribution >= 0.6 is 11.6 Å². The highest BCUT2D eigenvalue weighted by atomic mass is 35.5. The van der Waals surface area contributed by atoms with Crippen molar-refractivity contribution in [3.05, 3.63) is 52.8 Å². The molecule has 1 aliphatic rings. The first kappa shape index (κ1) is 30.7. The van der Waals surface area contributed by atoms with E-state index in [1.807, 2.05) is 12.1 Å². The van der Waals surface area contributed by atoms with Gasteiger partial charge in [0.25, 0.3) is 0 Å². The molecule has 2 aromatic rings. The third-order valence-electron chi connectivity index (χ3n) is 7.00. The summed E-state index contributed by atoms with van der Waals surface area (Å²) in [5, 5.41) is 15.1. The van der Waals surface area contributed by atoms with Crippen molar-refractivity contribution in [1.82, 2.24) is 0 Å². The Bertz CT molecular complexity index is 1120. The number of nitrogens with zero attached hydrogens (tertiary/aromatic N) is 1. The van der Waals surface area contributed by atoms with Crippen molar-refractivity contribution in [2.24, 2.45) is 5.92 Å². The fourth-order valence-electron chi connectivity index (χ4n) is 5.14. The molecule has 1 aliphatic carbocycles. The molecule has 0 saturated heterocycles. The van der Waals surface area contributed by atoms with Crippen LogP contribution in [-0.2, 0) is 14.3 Å². The summed E-state index contributed by atoms with van der Waals surface area (Å²) in [5.41, 5.74) is 2.06. The lowest BCUT2D eigenvalue weighted by molar-refractivity contribution is -0.137. The fourth-order valence-corrected chi connectivity index (χ4v) is 5.30. The van der Waals surface area contributed by atoms with Gasteiger partial charge >= 0.3 is 12.0 Å². The largest absolute Gasteiger partial charge is 0.481 e. The van der Waals surface area contributed by atoms with E-state index in [0.29, 0.717) is 11.6 Å². The maximum atomic E-state index is 14.4. The van der Waals surface area contributed by atoms with Gasteiger partial charge in [-0.15, -0.1) is 0 Å². The first-order valence-corrected chi connectivity index (χ1v) is 13.7. The molecule has 3 N–H and O–H groups in total. The van der Waals surface area contributed by atoms with E-state index >= 15 is 0 Å². The van der Waals surface area contributed by atoms with Gasteiger partial charge in [-0.25, -0.2) is 9.18 Å². The number of urea groups is 1. The molecule has 2 aromatic carbocycles. The zero-order valence-electron chi connectivity index (χ0n) is 23.0. The maximum absolute atomic E-state index is 14.4. The lowest BCUT2D eigenvalue weighted by atomic mass is 9.90. The molecule has 0 aromatic heterocycles. The molecule has 1 unspecified atom stereocenters. The molecule has 0 radical (unpaired) electrons. The normalized spacial score (nSPS) is 18.0. The zero-order valence-corrected chi connectivity index (χ0v) is 23.8. The summed E-state index contributed by atoms with van der Waals surface area (Å²) in [6.45, 7) is 5.27. The van der Waals surface area contributed by atoms with Gasteiger partial charge in [0.15, 0.2) is 0 Å². The van der Waals surface area contributed by atoms with E-state index in [1.165, 1.54) is 19.2 Å². The Morgan fingerprint density at radius 3 is 2.36 bits per heavy atom. The molecule has 1 atom stereocenters. The Morgan fingerprint density at radius 1 is 1.08 bits per heavy atom. The predicted octanol–water partition coefficient (Wildman–Crippen LogP) is 6.75. The Hall–Kier alpha value is -2.88. The summed E-state index contributed by atoms with van der Waals surface area (Å²) in [7, 11) is 3.27. The van der Waals surface area contributed by atoms with Crippen molar-refractivity contribution in [3.63, 3.8) is 0 Å². The number of aliphatic carboxylic acids is 1. The van der Waals surface area contributed by atoms with Gasteiger partial charge in [-0.3, -0.25) is 4.79 Å². The quantitative estimate of drug-likeness (QED) is 0.264. The van der Waals surface area contributed by atoms with Gasteiger partial charge in [0.1, 0.15) is 5.82 Å². The van der Waals surface area contributed by atoms with Crippen molar-refractivity contribution in [1.29, 1.82) is 0 Å². The number of hydrogen-bond acceptors (Lipinski definition) is 5. The number of halogens is 2. The van der Waals surface area contributed by atoms with Crippen LogP contribution in [-0.4, -0.2) is 56.6 Å². The number of carbonyl (C=O) groups excluding carboxylic acids is 1. The predicted molar refractivity (Wildman–Crippen MR) is 153 cm³/mol. The van der Waals surface area contributed by atoms with E-state index in [9.17, 15) is 19.1 Å². The van der Waals surface area contributed by atoms with Crippen LogP contribution < -0.4 is 15.5 Å². The first-order valence-electron chi connectivity index (χ1n) is 13.3. The summed E-state index contributed by atoms with van der Waals surface area (Å²) in [5.74, 6) is -1.65. The van der Waals surface area contributed by atoms with Gasteiger partial charge < -0.3 is 30.1 Å². The molecule has 0 bridgehead atoms. The second kappa shape index (κ2) is 14.5. The molecule has 0 spiro atoms. The number of methoxy groups -OCH3 is 2. The highest BCUT2D eigenvalue weighted by Crippen LogP contribution is 2.36. The molecule has 10 heteroatoms. The number of amides is 2. The lowest BCUT2D eigenvalue weighted by Gasteiger charge is -2.40. The number of benzene rings is 2. The smallest absolute Gasteiger partial charge is 0.323 e. The number of carboxylic acid groups (broad SMARTS) is 1. The van der Waals surface area contributed by atoms with Crippen LogP contribution in [0.25, 0.3) is 0 Å². The number of carbonyl (C=O) groups is 2. The van der Waals surface area contributed by atoms with Crippen LogP contribution in [0.3, 0.4) is 0 Å². The van der Waals surface area contributed by atoms with E-state index in [-0.39, 0.29) is 35.9 Å². The van der Waals surface area contributed by atoms with Crippen LogP contribution in [0.15, 0.2) is 36.4 Å². The van der Waals surface area contributed by atoms with Crippen LogP contribution in [0.1, 0.15) is 57.4 Å².